The van der Waals surface area contributed by atoms with Gasteiger partial charge in [0.15, 0.2) is 0 Å². The third kappa shape index (κ3) is 2.17. The van der Waals surface area contributed by atoms with Crippen molar-refractivity contribution in [1.29, 1.82) is 5.26 Å². The summed E-state index contributed by atoms with van der Waals surface area (Å²) in [6, 6.07) is 4.94. The molecule has 0 radical (unpaired) electrons. The topological polar surface area (TPSA) is 61.2 Å². The van der Waals surface area contributed by atoms with Crippen LogP contribution in [0.5, 0.6) is 0 Å². The predicted molar refractivity (Wildman–Crippen MR) is 72.1 cm³/mol. The number of carbonyl (C=O) groups is 2. The molecule has 2 rings (SSSR count). The van der Waals surface area contributed by atoms with Crippen LogP contribution in [0.15, 0.2) is 18.2 Å². The zero-order valence-electron chi connectivity index (χ0n) is 10.4. The Hall–Kier alpha value is -1.34. The normalized spacial score (nSPS) is 22.1. The Morgan fingerprint density at radius 2 is 2.16 bits per heavy atom. The van der Waals surface area contributed by atoms with Gasteiger partial charge in [0.25, 0.3) is 0 Å². The molecule has 0 aliphatic carbocycles. The van der Waals surface area contributed by atoms with E-state index >= 15 is 0 Å². The van der Waals surface area contributed by atoms with Crippen LogP contribution in [0, 0.1) is 10.2 Å². The number of fused-ring (bicyclic) bond motifs is 1. The molecule has 19 heavy (non-hydrogen) atoms. The number of nitrogens with zero attached hydrogens (tertiary/aromatic N) is 2. The minimum atomic E-state index is -0.849. The molecule has 1 heterocycles. The van der Waals surface area contributed by atoms with Crippen molar-refractivity contribution in [3.63, 3.8) is 0 Å². The molecule has 1 aliphatic heterocycles. The molecule has 1 atom stereocenters. The third-order valence-electron chi connectivity index (χ3n) is 3.31. The van der Waals surface area contributed by atoms with Crippen molar-refractivity contribution in [2.45, 2.75) is 17.7 Å². The van der Waals surface area contributed by atoms with Gasteiger partial charge in [-0.05, 0) is 0 Å². The molecule has 0 saturated heterocycles. The van der Waals surface area contributed by atoms with Gasteiger partial charge in [-0.1, -0.05) is 0 Å². The summed E-state index contributed by atoms with van der Waals surface area (Å²) in [5, 5.41) is 9.69. The van der Waals surface area contributed by atoms with Crippen molar-refractivity contribution in [3.8, 4) is 4.97 Å². The second kappa shape index (κ2) is 4.97. The summed E-state index contributed by atoms with van der Waals surface area (Å²) in [7, 11) is 1.47. The van der Waals surface area contributed by atoms with Gasteiger partial charge in [-0.15, -0.1) is 0 Å². The Labute approximate surface area is 122 Å². The van der Waals surface area contributed by atoms with E-state index in [0.29, 0.717) is 21.5 Å². The van der Waals surface area contributed by atoms with Gasteiger partial charge in [0.05, 0.1) is 0 Å². The van der Waals surface area contributed by atoms with Crippen LogP contribution in [0.3, 0.4) is 0 Å². The summed E-state index contributed by atoms with van der Waals surface area (Å²) >= 11 is 5.66. The van der Waals surface area contributed by atoms with Crippen molar-refractivity contribution < 1.29 is 9.59 Å². The SMILES string of the molecule is CN1C(=O)c2ccc(Cl)cc2C(C)(C[Se]C#N)C1=O. The first-order valence-corrected chi connectivity index (χ1v) is 8.00. The fourth-order valence-electron chi connectivity index (χ4n) is 2.23. The van der Waals surface area contributed by atoms with Crippen LogP contribution < -0.4 is 0 Å². The summed E-state index contributed by atoms with van der Waals surface area (Å²) in [5.41, 5.74) is 0.270. The summed E-state index contributed by atoms with van der Waals surface area (Å²) in [5.74, 6) is -0.594. The van der Waals surface area contributed by atoms with E-state index in [-0.39, 0.29) is 26.8 Å². The number of hydrogen-bond acceptors (Lipinski definition) is 3. The van der Waals surface area contributed by atoms with E-state index in [2.05, 4.69) is 4.97 Å². The summed E-state index contributed by atoms with van der Waals surface area (Å²) < 4.78 is 0. The van der Waals surface area contributed by atoms with Gasteiger partial charge in [0.1, 0.15) is 0 Å². The average Bonchev–Trinajstić information content (AvgIpc) is 2.41. The van der Waals surface area contributed by atoms with Crippen molar-refractivity contribution in [3.05, 3.63) is 34.3 Å². The molecule has 1 aliphatic rings. The van der Waals surface area contributed by atoms with Gasteiger partial charge in [0, 0.05) is 0 Å². The molecule has 4 nitrogen and oxygen atoms in total. The number of carbonyl (C=O) groups excluding carboxylic acids is 2. The second-order valence-corrected chi connectivity index (χ2v) is 6.60. The monoisotopic (exact) mass is 342 g/mol. The Balaban J connectivity index is 2.64. The molecule has 0 fully saturated rings. The third-order valence-corrected chi connectivity index (χ3v) is 5.33. The fraction of sp³-hybridized carbons (Fsp3) is 0.308. The molecule has 1 aromatic carbocycles. The molecule has 2 amide bonds. The molecular weight excluding hydrogens is 331 g/mol. The molecule has 0 saturated carbocycles. The number of halogens is 1. The Bertz CT molecular complexity index is 611. The van der Waals surface area contributed by atoms with E-state index in [1.807, 2.05) is 0 Å². The van der Waals surface area contributed by atoms with Gasteiger partial charge in [0.2, 0.25) is 0 Å². The van der Waals surface area contributed by atoms with E-state index in [1.165, 1.54) is 7.05 Å². The molecule has 0 spiro atoms. The number of nitriles is 1. The van der Waals surface area contributed by atoms with Crippen molar-refractivity contribution >= 4 is 38.4 Å². The van der Waals surface area contributed by atoms with Crippen LogP contribution in [0.1, 0.15) is 22.8 Å². The second-order valence-electron chi connectivity index (χ2n) is 4.57. The Morgan fingerprint density at radius 1 is 1.47 bits per heavy atom. The van der Waals surface area contributed by atoms with Crippen LogP contribution in [-0.2, 0) is 10.2 Å². The molecule has 1 aromatic rings. The number of hydrogen-bond donors (Lipinski definition) is 0. The van der Waals surface area contributed by atoms with E-state index in [0.717, 1.165) is 4.90 Å². The van der Waals surface area contributed by atoms with Crippen LogP contribution in [0.4, 0.5) is 0 Å². The molecule has 98 valence electrons. The number of benzene rings is 1. The number of imide groups is 1. The Kier molecular flexibility index (Phi) is 3.68. The first-order chi connectivity index (χ1) is 8.91. The maximum atomic E-state index is 12.4. The molecule has 0 N–H and O–H groups in total. The summed E-state index contributed by atoms with van der Waals surface area (Å²) in [4.78, 5) is 27.7. The Morgan fingerprint density at radius 3 is 2.79 bits per heavy atom. The number of amides is 2. The standard InChI is InChI=1S/C13H11ClN2O2Se/c1-13(6-19-7-15)10-5-8(14)3-4-9(10)11(17)16(2)12(13)18/h3-5H,6H2,1-2H3. The molecular formula is C13H11ClN2O2Se. The summed E-state index contributed by atoms with van der Waals surface area (Å²) in [6.45, 7) is 1.77. The van der Waals surface area contributed by atoms with Gasteiger partial charge in [-0.3, -0.25) is 0 Å². The average molecular weight is 342 g/mol. The van der Waals surface area contributed by atoms with Gasteiger partial charge < -0.3 is 0 Å². The molecule has 6 heteroatoms. The van der Waals surface area contributed by atoms with Crippen LogP contribution in [0.2, 0.25) is 10.3 Å². The first-order valence-electron chi connectivity index (χ1n) is 5.55. The predicted octanol–water partition coefficient (Wildman–Crippen LogP) is 1.81. The van der Waals surface area contributed by atoms with Crippen molar-refractivity contribution in [2.75, 3.05) is 7.05 Å². The molecule has 1 unspecified atom stereocenters. The first kappa shape index (κ1) is 14.1. The quantitative estimate of drug-likeness (QED) is 0.609. The zero-order valence-corrected chi connectivity index (χ0v) is 12.9. The molecule has 0 aromatic heterocycles. The fourth-order valence-corrected chi connectivity index (χ4v) is 3.73. The van der Waals surface area contributed by atoms with E-state index < -0.39 is 5.41 Å². The zero-order chi connectivity index (χ0) is 14.2. The van der Waals surface area contributed by atoms with Crippen molar-refractivity contribution in [2.24, 2.45) is 0 Å². The van der Waals surface area contributed by atoms with E-state index in [4.69, 9.17) is 16.9 Å². The minimum absolute atomic E-state index is 0.274. The van der Waals surface area contributed by atoms with E-state index in [9.17, 15) is 9.59 Å². The van der Waals surface area contributed by atoms with E-state index in [1.54, 1.807) is 25.1 Å². The van der Waals surface area contributed by atoms with Gasteiger partial charge in [-0.2, -0.15) is 0 Å². The van der Waals surface area contributed by atoms with Crippen LogP contribution in [0.25, 0.3) is 0 Å². The van der Waals surface area contributed by atoms with Crippen molar-refractivity contribution in [1.82, 2.24) is 4.90 Å². The van der Waals surface area contributed by atoms with Gasteiger partial charge in [-0.25, -0.2) is 0 Å². The van der Waals surface area contributed by atoms with Crippen LogP contribution >= 0.6 is 11.6 Å². The summed E-state index contributed by atoms with van der Waals surface area (Å²) in [6.07, 6.45) is 0. The number of likely N-dealkylation sites (N-methyl/N-ethyl adjacent to an activating group) is 1. The molecule has 0 bridgehead atoms. The van der Waals surface area contributed by atoms with Gasteiger partial charge >= 0.3 is 122 Å². The number of rotatable bonds is 2. The maximum absolute atomic E-state index is 12.4. The van der Waals surface area contributed by atoms with Crippen LogP contribution in [-0.4, -0.2) is 38.7 Å².